The number of benzene rings is 2. The molecule has 1 N–H and O–H groups in total. The molecule has 1 aromatic heterocycles. The van der Waals surface area contributed by atoms with Crippen LogP contribution in [0.15, 0.2) is 35.3 Å². The van der Waals surface area contributed by atoms with E-state index in [1.165, 1.54) is 6.92 Å². The average molecular weight is 462 g/mol. The number of hydrogen-bond donors (Lipinski definition) is 1. The van der Waals surface area contributed by atoms with Crippen LogP contribution in [0.25, 0.3) is 10.2 Å². The first-order valence-corrected chi connectivity index (χ1v) is 9.45. The van der Waals surface area contributed by atoms with Gasteiger partial charge in [0.05, 0.1) is 15.8 Å². The molecule has 0 aliphatic heterocycles. The van der Waals surface area contributed by atoms with E-state index in [4.69, 9.17) is 0 Å². The minimum Gasteiger partial charge on any atom is -0.480 e. The summed E-state index contributed by atoms with van der Waals surface area (Å²) >= 11 is 0.375. The van der Waals surface area contributed by atoms with Crippen molar-refractivity contribution in [2.75, 3.05) is 0 Å². The number of rotatable bonds is 4. The summed E-state index contributed by atoms with van der Waals surface area (Å²) in [5.41, 5.74) is -1.92. The Labute approximate surface area is 173 Å². The molecule has 0 saturated heterocycles. The third-order valence-corrected chi connectivity index (χ3v) is 5.44. The van der Waals surface area contributed by atoms with Gasteiger partial charge >= 0.3 is 12.1 Å². The molecule has 5 nitrogen and oxygen atoms in total. The van der Waals surface area contributed by atoms with E-state index in [1.807, 2.05) is 0 Å². The van der Waals surface area contributed by atoms with Gasteiger partial charge in [0.25, 0.3) is 5.91 Å². The molecule has 1 amide bonds. The monoisotopic (exact) mass is 462 g/mol. The Morgan fingerprint density at radius 2 is 1.84 bits per heavy atom. The number of amides is 1. The molecule has 0 fully saturated rings. The lowest BCUT2D eigenvalue weighted by molar-refractivity contribution is -0.141. The van der Waals surface area contributed by atoms with E-state index in [-0.39, 0.29) is 11.9 Å². The molecule has 0 aliphatic rings. The van der Waals surface area contributed by atoms with E-state index in [0.717, 1.165) is 22.8 Å². The number of hydrogen-bond acceptors (Lipinski definition) is 3. The van der Waals surface area contributed by atoms with Crippen LogP contribution in [0.2, 0.25) is 0 Å². The third-order valence-electron chi connectivity index (χ3n) is 4.37. The molecule has 164 valence electrons. The van der Waals surface area contributed by atoms with E-state index in [1.54, 1.807) is 0 Å². The highest BCUT2D eigenvalue weighted by molar-refractivity contribution is 7.16. The van der Waals surface area contributed by atoms with Crippen LogP contribution in [0, 0.1) is 17.5 Å². The maximum atomic E-state index is 14.2. The van der Waals surface area contributed by atoms with Crippen LogP contribution in [-0.4, -0.2) is 21.6 Å². The van der Waals surface area contributed by atoms with Crippen molar-refractivity contribution in [3.05, 3.63) is 63.7 Å². The van der Waals surface area contributed by atoms with Gasteiger partial charge in [-0.25, -0.2) is 18.0 Å². The van der Waals surface area contributed by atoms with Crippen molar-refractivity contribution < 1.29 is 41.0 Å². The number of aromatic nitrogens is 1. The van der Waals surface area contributed by atoms with Gasteiger partial charge in [0.1, 0.15) is 6.04 Å². The van der Waals surface area contributed by atoms with Crippen molar-refractivity contribution in [1.29, 1.82) is 0 Å². The second-order valence-corrected chi connectivity index (χ2v) is 7.32. The zero-order chi connectivity index (χ0) is 23.1. The first-order valence-electron chi connectivity index (χ1n) is 8.63. The number of carbonyl (C=O) groups is 2. The van der Waals surface area contributed by atoms with Crippen molar-refractivity contribution in [3.8, 4) is 0 Å². The average Bonchev–Trinajstić information content (AvgIpc) is 3.04. The second-order valence-electron chi connectivity index (χ2n) is 6.35. The minimum absolute atomic E-state index is 0.0906. The van der Waals surface area contributed by atoms with Crippen molar-refractivity contribution in [2.45, 2.75) is 25.6 Å². The molecule has 3 aromatic rings. The highest BCUT2D eigenvalue weighted by Gasteiger charge is 2.31. The SMILES string of the molecule is CCC(C(=O)O)n1c(=NC(=O)c2cccc(C(F)(F)F)c2)sc2c(F)c(F)c(F)cc21. The Kier molecular flexibility index (Phi) is 5.94. The summed E-state index contributed by atoms with van der Waals surface area (Å²) < 4.78 is 80.7. The van der Waals surface area contributed by atoms with E-state index >= 15 is 0 Å². The Bertz CT molecular complexity index is 1260. The molecule has 31 heavy (non-hydrogen) atoms. The Balaban J connectivity index is 2.28. The quantitative estimate of drug-likeness (QED) is 0.442. The van der Waals surface area contributed by atoms with Crippen molar-refractivity contribution in [1.82, 2.24) is 4.57 Å². The Morgan fingerprint density at radius 1 is 1.16 bits per heavy atom. The van der Waals surface area contributed by atoms with Gasteiger partial charge in [-0.3, -0.25) is 4.79 Å². The van der Waals surface area contributed by atoms with Gasteiger partial charge in [-0.2, -0.15) is 18.2 Å². The standard InChI is InChI=1S/C19H12F6N2O3S/c1-2-11(17(29)30)27-12-7-10(20)13(21)14(22)15(12)31-18(27)26-16(28)8-4-3-5-9(6-8)19(23,24)25/h3-7,11H,2H2,1H3,(H,29,30). The molecule has 12 heteroatoms. The predicted octanol–water partition coefficient (Wildman–Crippen LogP) is 4.92. The maximum Gasteiger partial charge on any atom is 0.416 e. The lowest BCUT2D eigenvalue weighted by Crippen LogP contribution is -2.27. The van der Waals surface area contributed by atoms with Gasteiger partial charge in [-0.1, -0.05) is 24.3 Å². The molecule has 0 saturated carbocycles. The number of aliphatic carboxylic acids is 1. The Hall–Kier alpha value is -3.15. The number of fused-ring (bicyclic) bond motifs is 1. The molecular formula is C19H12F6N2O3S. The highest BCUT2D eigenvalue weighted by Crippen LogP contribution is 2.30. The molecule has 0 bridgehead atoms. The third kappa shape index (κ3) is 4.20. The number of carbonyl (C=O) groups excluding carboxylic acids is 1. The summed E-state index contributed by atoms with van der Waals surface area (Å²) in [7, 11) is 0. The molecule has 0 aliphatic carbocycles. The zero-order valence-corrected chi connectivity index (χ0v) is 16.3. The van der Waals surface area contributed by atoms with Crippen LogP contribution >= 0.6 is 11.3 Å². The predicted molar refractivity (Wildman–Crippen MR) is 98.0 cm³/mol. The molecule has 3 rings (SSSR count). The van der Waals surface area contributed by atoms with Gasteiger partial charge in [0.2, 0.25) is 0 Å². The zero-order valence-electron chi connectivity index (χ0n) is 15.5. The van der Waals surface area contributed by atoms with Crippen molar-refractivity contribution in [2.24, 2.45) is 4.99 Å². The number of carboxylic acid groups (broad SMARTS) is 1. The number of alkyl halides is 3. The topological polar surface area (TPSA) is 71.7 Å². The molecule has 1 atom stereocenters. The summed E-state index contributed by atoms with van der Waals surface area (Å²) in [6.45, 7) is 1.45. The van der Waals surface area contributed by atoms with E-state index < -0.39 is 62.2 Å². The summed E-state index contributed by atoms with van der Waals surface area (Å²) in [6.07, 6.45) is -4.81. The molecule has 1 unspecified atom stereocenters. The normalized spacial score (nSPS) is 13.6. The number of carboxylic acids is 1. The number of nitrogens with zero attached hydrogens (tertiary/aromatic N) is 2. The highest BCUT2D eigenvalue weighted by atomic mass is 32.1. The lowest BCUT2D eigenvalue weighted by Gasteiger charge is -2.13. The van der Waals surface area contributed by atoms with Crippen LogP contribution in [-0.2, 0) is 11.0 Å². The molecule has 1 heterocycles. The van der Waals surface area contributed by atoms with Gasteiger partial charge in [-0.15, -0.1) is 0 Å². The maximum absolute atomic E-state index is 14.2. The first kappa shape index (κ1) is 22.5. The van der Waals surface area contributed by atoms with Gasteiger partial charge in [-0.05, 0) is 24.6 Å². The fraction of sp³-hybridized carbons (Fsp3) is 0.211. The molecule has 2 aromatic carbocycles. The van der Waals surface area contributed by atoms with Gasteiger partial charge in [0.15, 0.2) is 22.3 Å². The number of thiazole rings is 1. The van der Waals surface area contributed by atoms with E-state index in [9.17, 15) is 41.0 Å². The lowest BCUT2D eigenvalue weighted by atomic mass is 10.1. The van der Waals surface area contributed by atoms with Gasteiger partial charge in [0, 0.05) is 11.6 Å². The number of halogens is 6. The molecule has 0 spiro atoms. The van der Waals surface area contributed by atoms with Crippen LogP contribution in [0.3, 0.4) is 0 Å². The molecular weight excluding hydrogens is 450 g/mol. The fourth-order valence-corrected chi connectivity index (χ4v) is 3.99. The van der Waals surface area contributed by atoms with Crippen molar-refractivity contribution in [3.63, 3.8) is 0 Å². The second kappa shape index (κ2) is 8.17. The van der Waals surface area contributed by atoms with Crippen LogP contribution in [0.5, 0.6) is 0 Å². The summed E-state index contributed by atoms with van der Waals surface area (Å²) in [5.74, 6) is -7.55. The Morgan fingerprint density at radius 3 is 2.42 bits per heavy atom. The van der Waals surface area contributed by atoms with Gasteiger partial charge < -0.3 is 9.67 Å². The smallest absolute Gasteiger partial charge is 0.416 e. The summed E-state index contributed by atoms with van der Waals surface area (Å²) in [4.78, 5) is 27.3. The first-order chi connectivity index (χ1) is 14.5. The summed E-state index contributed by atoms with van der Waals surface area (Å²) in [5, 5.41) is 9.47. The van der Waals surface area contributed by atoms with E-state index in [2.05, 4.69) is 4.99 Å². The van der Waals surface area contributed by atoms with Crippen molar-refractivity contribution >= 4 is 33.4 Å². The van der Waals surface area contributed by atoms with E-state index in [0.29, 0.717) is 23.5 Å². The molecule has 0 radical (unpaired) electrons. The fourth-order valence-electron chi connectivity index (χ4n) is 2.91. The summed E-state index contributed by atoms with van der Waals surface area (Å²) in [6, 6.07) is 2.50. The van der Waals surface area contributed by atoms with Crippen LogP contribution in [0.4, 0.5) is 26.3 Å². The van der Waals surface area contributed by atoms with Crippen LogP contribution < -0.4 is 4.80 Å². The van der Waals surface area contributed by atoms with Crippen LogP contribution in [0.1, 0.15) is 35.3 Å². The largest absolute Gasteiger partial charge is 0.480 e. The minimum atomic E-state index is -4.72.